The van der Waals surface area contributed by atoms with Crippen LogP contribution in [0.5, 0.6) is 0 Å². The quantitative estimate of drug-likeness (QED) is 0.887. The summed E-state index contributed by atoms with van der Waals surface area (Å²) in [6, 6.07) is 5.83. The number of nitrogens with two attached hydrogens (primary N) is 1. The van der Waals surface area contributed by atoms with Gasteiger partial charge in [-0.3, -0.25) is 4.79 Å². The highest BCUT2D eigenvalue weighted by atomic mass is 35.5. The van der Waals surface area contributed by atoms with Gasteiger partial charge in [-0.05, 0) is 38.0 Å². The molecular weight excluding hydrogens is 306 g/mol. The van der Waals surface area contributed by atoms with Gasteiger partial charge >= 0.3 is 0 Å². The molecule has 1 fully saturated rings. The summed E-state index contributed by atoms with van der Waals surface area (Å²) in [6.07, 6.45) is 3.98. The second-order valence-corrected chi connectivity index (χ2v) is 6.71. The van der Waals surface area contributed by atoms with Crippen LogP contribution in [0.4, 0.5) is 5.69 Å². The number of rotatable bonds is 2. The monoisotopic (exact) mass is 325 g/mol. The zero-order valence-electron chi connectivity index (χ0n) is 12.0. The number of halogens is 1. The predicted octanol–water partition coefficient (Wildman–Crippen LogP) is 3.56. The lowest BCUT2D eigenvalue weighted by Crippen LogP contribution is -2.51. The first-order chi connectivity index (χ1) is 9.56. The Kier molecular flexibility index (Phi) is 4.86. The van der Waals surface area contributed by atoms with Crippen LogP contribution >= 0.6 is 23.7 Å². The van der Waals surface area contributed by atoms with Gasteiger partial charge < -0.3 is 11.1 Å². The number of fused-ring (bicyclic) bond motifs is 1. The lowest BCUT2D eigenvalue weighted by molar-refractivity contribution is -0.122. The summed E-state index contributed by atoms with van der Waals surface area (Å²) in [6.45, 7) is 1.99. The van der Waals surface area contributed by atoms with Crippen molar-refractivity contribution in [1.29, 1.82) is 0 Å². The van der Waals surface area contributed by atoms with E-state index in [1.807, 2.05) is 30.6 Å². The largest absolute Gasteiger partial charge is 0.326 e. The second kappa shape index (κ2) is 6.30. The Hall–Kier alpha value is -1.17. The van der Waals surface area contributed by atoms with Gasteiger partial charge in [0.2, 0.25) is 5.91 Å². The molecule has 1 amide bonds. The minimum Gasteiger partial charge on any atom is -0.326 e. The molecule has 2 atom stereocenters. The highest BCUT2D eigenvalue weighted by Gasteiger charge is 2.37. The van der Waals surface area contributed by atoms with E-state index < -0.39 is 5.54 Å². The first-order valence-electron chi connectivity index (χ1n) is 6.99. The van der Waals surface area contributed by atoms with E-state index in [4.69, 9.17) is 5.73 Å². The van der Waals surface area contributed by atoms with Gasteiger partial charge in [0, 0.05) is 11.2 Å². The molecule has 1 heterocycles. The smallest absolute Gasteiger partial charge is 0.229 e. The average molecular weight is 326 g/mol. The fraction of sp³-hybridized carbons (Fsp3) is 0.467. The Balaban J connectivity index is 0.00000161. The van der Waals surface area contributed by atoms with Crippen molar-refractivity contribution >= 4 is 45.6 Å². The molecule has 0 bridgehead atoms. The molecule has 0 spiro atoms. The van der Waals surface area contributed by atoms with E-state index in [0.29, 0.717) is 0 Å². The number of benzene rings is 1. The standard InChI is InChI=1S/C15H19N3OS.ClH/c1-15(16)7-3-2-4-11(15)14(19)18-10-5-6-13-12(8-10)17-9-20-13;/h5-6,8-9,11H,2-4,7,16H2,1H3,(H,18,19);1H. The van der Waals surface area contributed by atoms with Crippen LogP contribution in [-0.2, 0) is 4.79 Å². The molecule has 4 nitrogen and oxygen atoms in total. The lowest BCUT2D eigenvalue weighted by atomic mass is 9.74. The van der Waals surface area contributed by atoms with Gasteiger partial charge in [0.1, 0.15) is 0 Å². The molecular formula is C15H20ClN3OS. The number of aromatic nitrogens is 1. The normalized spacial score (nSPS) is 25.3. The van der Waals surface area contributed by atoms with E-state index in [2.05, 4.69) is 10.3 Å². The molecule has 114 valence electrons. The van der Waals surface area contributed by atoms with Crippen LogP contribution in [0.1, 0.15) is 32.6 Å². The SMILES string of the molecule is CC1(N)CCCCC1C(=O)Nc1ccc2scnc2c1.Cl. The summed E-state index contributed by atoms with van der Waals surface area (Å²) in [4.78, 5) is 16.7. The van der Waals surface area contributed by atoms with Gasteiger partial charge in [-0.1, -0.05) is 12.8 Å². The highest BCUT2D eigenvalue weighted by Crippen LogP contribution is 2.32. The van der Waals surface area contributed by atoms with E-state index in [1.54, 1.807) is 11.3 Å². The Bertz CT molecular complexity index is 641. The van der Waals surface area contributed by atoms with Crippen molar-refractivity contribution in [3.63, 3.8) is 0 Å². The zero-order valence-corrected chi connectivity index (χ0v) is 13.6. The summed E-state index contributed by atoms with van der Waals surface area (Å²) in [7, 11) is 0. The molecule has 6 heteroatoms. The maximum Gasteiger partial charge on any atom is 0.229 e. The molecule has 21 heavy (non-hydrogen) atoms. The van der Waals surface area contributed by atoms with Crippen molar-refractivity contribution in [2.45, 2.75) is 38.1 Å². The van der Waals surface area contributed by atoms with Gasteiger partial charge in [-0.15, -0.1) is 23.7 Å². The number of hydrogen-bond donors (Lipinski definition) is 2. The molecule has 3 rings (SSSR count). The number of anilines is 1. The molecule has 0 saturated heterocycles. The van der Waals surface area contributed by atoms with Crippen LogP contribution in [0.15, 0.2) is 23.7 Å². The zero-order chi connectivity index (χ0) is 14.2. The summed E-state index contributed by atoms with van der Waals surface area (Å²) in [5.41, 5.74) is 9.42. The number of hydrogen-bond acceptors (Lipinski definition) is 4. The summed E-state index contributed by atoms with van der Waals surface area (Å²) >= 11 is 1.60. The second-order valence-electron chi connectivity index (χ2n) is 5.83. The van der Waals surface area contributed by atoms with Crippen LogP contribution in [0.3, 0.4) is 0 Å². The molecule has 1 saturated carbocycles. The number of thiazole rings is 1. The molecule has 2 unspecified atom stereocenters. The van der Waals surface area contributed by atoms with Crippen molar-refractivity contribution in [3.8, 4) is 0 Å². The van der Waals surface area contributed by atoms with Crippen LogP contribution < -0.4 is 11.1 Å². The highest BCUT2D eigenvalue weighted by molar-refractivity contribution is 7.16. The first kappa shape index (κ1) is 16.2. The van der Waals surface area contributed by atoms with Crippen molar-refractivity contribution < 1.29 is 4.79 Å². The van der Waals surface area contributed by atoms with Gasteiger partial charge in [0.25, 0.3) is 0 Å². The topological polar surface area (TPSA) is 68.0 Å². The third-order valence-electron chi connectivity index (χ3n) is 4.17. The number of carbonyl (C=O) groups excluding carboxylic acids is 1. The van der Waals surface area contributed by atoms with Crippen molar-refractivity contribution in [2.75, 3.05) is 5.32 Å². The molecule has 1 aliphatic rings. The fourth-order valence-electron chi connectivity index (χ4n) is 2.95. The molecule has 1 aromatic carbocycles. The number of carbonyl (C=O) groups is 1. The maximum absolute atomic E-state index is 12.4. The minimum atomic E-state index is -0.396. The molecule has 1 aromatic heterocycles. The minimum absolute atomic E-state index is 0. The predicted molar refractivity (Wildman–Crippen MR) is 90.0 cm³/mol. The Morgan fingerprint density at radius 2 is 2.29 bits per heavy atom. The van der Waals surface area contributed by atoms with E-state index >= 15 is 0 Å². The van der Waals surface area contributed by atoms with E-state index in [-0.39, 0.29) is 24.2 Å². The van der Waals surface area contributed by atoms with E-state index in [0.717, 1.165) is 41.6 Å². The number of nitrogens with one attached hydrogen (secondary N) is 1. The van der Waals surface area contributed by atoms with Crippen LogP contribution in [0, 0.1) is 5.92 Å². The van der Waals surface area contributed by atoms with Crippen molar-refractivity contribution in [1.82, 2.24) is 4.98 Å². The molecule has 3 N–H and O–H groups in total. The van der Waals surface area contributed by atoms with Crippen LogP contribution in [0.25, 0.3) is 10.2 Å². The van der Waals surface area contributed by atoms with E-state index in [1.165, 1.54) is 0 Å². The summed E-state index contributed by atoms with van der Waals surface area (Å²) in [5.74, 6) is -0.0772. The van der Waals surface area contributed by atoms with Crippen molar-refractivity contribution in [3.05, 3.63) is 23.7 Å². The third-order valence-corrected chi connectivity index (χ3v) is 4.98. The average Bonchev–Trinajstić information content (AvgIpc) is 2.85. The molecule has 0 aliphatic heterocycles. The Morgan fingerprint density at radius 1 is 1.48 bits per heavy atom. The van der Waals surface area contributed by atoms with Gasteiger partial charge in [0.15, 0.2) is 0 Å². The molecule has 0 radical (unpaired) electrons. The fourth-order valence-corrected chi connectivity index (χ4v) is 3.61. The number of nitrogens with zero attached hydrogens (tertiary/aromatic N) is 1. The van der Waals surface area contributed by atoms with Crippen LogP contribution in [-0.4, -0.2) is 16.4 Å². The summed E-state index contributed by atoms with van der Waals surface area (Å²) < 4.78 is 1.13. The van der Waals surface area contributed by atoms with Crippen molar-refractivity contribution in [2.24, 2.45) is 11.7 Å². The lowest BCUT2D eigenvalue weighted by Gasteiger charge is -2.37. The Labute approximate surface area is 134 Å². The summed E-state index contributed by atoms with van der Waals surface area (Å²) in [5, 5.41) is 2.99. The number of amides is 1. The van der Waals surface area contributed by atoms with E-state index in [9.17, 15) is 4.79 Å². The van der Waals surface area contributed by atoms with Gasteiger partial charge in [-0.2, -0.15) is 0 Å². The van der Waals surface area contributed by atoms with Crippen LogP contribution in [0.2, 0.25) is 0 Å². The van der Waals surface area contributed by atoms with Gasteiger partial charge in [-0.25, -0.2) is 4.98 Å². The first-order valence-corrected chi connectivity index (χ1v) is 7.87. The van der Waals surface area contributed by atoms with Gasteiger partial charge in [0.05, 0.1) is 21.6 Å². The molecule has 2 aromatic rings. The maximum atomic E-state index is 12.4. The Morgan fingerprint density at radius 3 is 3.05 bits per heavy atom. The molecule has 1 aliphatic carbocycles. The third kappa shape index (κ3) is 3.36.